The van der Waals surface area contributed by atoms with E-state index in [1.807, 2.05) is 39.8 Å². The Labute approximate surface area is 255 Å². The quantitative estimate of drug-likeness (QED) is 0.454. The summed E-state index contributed by atoms with van der Waals surface area (Å²) in [6.07, 6.45) is 2.28. The summed E-state index contributed by atoms with van der Waals surface area (Å²) in [6, 6.07) is 17.8. The van der Waals surface area contributed by atoms with Crippen LogP contribution in [-0.4, -0.2) is 73.7 Å². The Morgan fingerprint density at radius 1 is 0.932 bits per heavy atom. The van der Waals surface area contributed by atoms with Crippen molar-refractivity contribution in [2.75, 3.05) is 62.0 Å². The molecule has 4 aliphatic heterocycles. The molecule has 0 aliphatic carbocycles. The van der Waals surface area contributed by atoms with Crippen molar-refractivity contribution in [3.63, 3.8) is 0 Å². The average molecular weight is 600 g/mol. The van der Waals surface area contributed by atoms with Crippen molar-refractivity contribution in [1.82, 2.24) is 9.47 Å². The second-order valence-electron chi connectivity index (χ2n) is 12.0. The van der Waals surface area contributed by atoms with E-state index < -0.39 is 11.8 Å². The van der Waals surface area contributed by atoms with Gasteiger partial charge in [-0.1, -0.05) is 12.1 Å². The van der Waals surface area contributed by atoms with Gasteiger partial charge in [-0.3, -0.25) is 9.59 Å². The molecule has 2 unspecified atom stereocenters. The number of nitrogens with one attached hydrogen (secondary N) is 2. The number of fused-ring (bicyclic) bond motifs is 4. The fourth-order valence-corrected chi connectivity index (χ4v) is 7.14. The number of likely N-dealkylation sites (tertiary alicyclic amines) is 1. The van der Waals surface area contributed by atoms with Gasteiger partial charge >= 0.3 is 6.03 Å². The molecule has 1 spiro atoms. The smallest absolute Gasteiger partial charge is 0.323 e. The lowest BCUT2D eigenvalue weighted by atomic mass is 9.83. The van der Waals surface area contributed by atoms with Crippen LogP contribution in [0.3, 0.4) is 0 Å². The summed E-state index contributed by atoms with van der Waals surface area (Å²) in [4.78, 5) is 43.6. The Hall–Kier alpha value is -4.35. The predicted octanol–water partition coefficient (Wildman–Crippen LogP) is 4.10. The molecule has 7 rings (SSSR count). The number of rotatable bonds is 5. The van der Waals surface area contributed by atoms with Crippen molar-refractivity contribution in [3.8, 4) is 5.75 Å². The molecule has 0 saturated carbocycles. The predicted molar refractivity (Wildman–Crippen MR) is 166 cm³/mol. The minimum atomic E-state index is -0.568. The molecule has 3 fully saturated rings. The van der Waals surface area contributed by atoms with E-state index in [2.05, 4.69) is 15.5 Å². The Balaban J connectivity index is 1.15. The molecule has 3 saturated heterocycles. The Kier molecular flexibility index (Phi) is 7.51. The number of nitrogens with zero attached hydrogens (tertiary/aromatic N) is 3. The van der Waals surface area contributed by atoms with Gasteiger partial charge in [0, 0.05) is 80.6 Å². The number of methoxy groups -OCH3 is 1. The third-order valence-electron chi connectivity index (χ3n) is 9.27. The van der Waals surface area contributed by atoms with E-state index in [-0.39, 0.29) is 17.4 Å². The van der Waals surface area contributed by atoms with Crippen LogP contribution in [0.4, 0.5) is 21.9 Å². The zero-order valence-electron chi connectivity index (χ0n) is 24.8. The van der Waals surface area contributed by atoms with Crippen LogP contribution in [-0.2, 0) is 16.0 Å². The molecule has 0 radical (unpaired) electrons. The first-order chi connectivity index (χ1) is 21.4. The molecule has 4 aliphatic rings. The molecule has 1 aromatic heterocycles. The van der Waals surface area contributed by atoms with E-state index in [0.29, 0.717) is 80.8 Å². The number of urea groups is 1. The van der Waals surface area contributed by atoms with Crippen LogP contribution >= 0.6 is 0 Å². The van der Waals surface area contributed by atoms with Crippen LogP contribution in [0, 0.1) is 5.92 Å². The number of ether oxygens (including phenoxy) is 3. The van der Waals surface area contributed by atoms with Crippen LogP contribution < -0.4 is 25.8 Å². The molecule has 5 heterocycles. The molecule has 2 aromatic carbocycles. The van der Waals surface area contributed by atoms with Crippen LogP contribution in [0.1, 0.15) is 41.2 Å². The summed E-state index contributed by atoms with van der Waals surface area (Å²) in [5, 5.41) is 5.91. The van der Waals surface area contributed by atoms with Crippen molar-refractivity contribution < 1.29 is 23.8 Å². The Bertz CT molecular complexity index is 1620. The topological polar surface area (TPSA) is 114 Å². The highest BCUT2D eigenvalue weighted by Crippen LogP contribution is 2.40. The first-order valence-electron chi connectivity index (χ1n) is 15.3. The number of benzene rings is 2. The highest BCUT2D eigenvalue weighted by Gasteiger charge is 2.41. The molecule has 11 nitrogen and oxygen atoms in total. The second kappa shape index (κ2) is 11.6. The monoisotopic (exact) mass is 599 g/mol. The number of amides is 3. The molecule has 2 atom stereocenters. The second-order valence-corrected chi connectivity index (χ2v) is 12.0. The van der Waals surface area contributed by atoms with Crippen LogP contribution in [0.5, 0.6) is 5.75 Å². The van der Waals surface area contributed by atoms with Gasteiger partial charge in [0.1, 0.15) is 5.75 Å². The van der Waals surface area contributed by atoms with Gasteiger partial charge < -0.3 is 39.2 Å². The minimum absolute atomic E-state index is 0.0415. The molecule has 44 heavy (non-hydrogen) atoms. The first-order valence-corrected chi connectivity index (χ1v) is 15.3. The summed E-state index contributed by atoms with van der Waals surface area (Å²) >= 11 is 0. The van der Waals surface area contributed by atoms with Gasteiger partial charge in [-0.2, -0.15) is 0 Å². The van der Waals surface area contributed by atoms with Crippen LogP contribution in [0.2, 0.25) is 0 Å². The zero-order chi connectivity index (χ0) is 30.3. The maximum Gasteiger partial charge on any atom is 0.323 e. The van der Waals surface area contributed by atoms with Gasteiger partial charge in [-0.25, -0.2) is 4.79 Å². The van der Waals surface area contributed by atoms with E-state index >= 15 is 0 Å². The third kappa shape index (κ3) is 5.53. The van der Waals surface area contributed by atoms with Crippen molar-refractivity contribution in [2.24, 2.45) is 5.92 Å². The maximum absolute atomic E-state index is 13.7. The molecule has 11 heteroatoms. The Morgan fingerprint density at radius 3 is 2.52 bits per heavy atom. The van der Waals surface area contributed by atoms with Gasteiger partial charge in [-0.05, 0) is 48.7 Å². The van der Waals surface area contributed by atoms with Crippen molar-refractivity contribution >= 4 is 29.0 Å². The summed E-state index contributed by atoms with van der Waals surface area (Å²) in [5.74, 6) is 0.456. The molecule has 230 valence electrons. The van der Waals surface area contributed by atoms with E-state index in [1.165, 1.54) is 0 Å². The molecular formula is C33H37N5O6. The summed E-state index contributed by atoms with van der Waals surface area (Å²) in [5.41, 5.74) is 3.58. The first kappa shape index (κ1) is 28.4. The molecule has 2 N–H and O–H groups in total. The van der Waals surface area contributed by atoms with Crippen molar-refractivity contribution in [3.05, 3.63) is 82.3 Å². The number of carbonyl (C=O) groups is 2. The lowest BCUT2D eigenvalue weighted by Crippen LogP contribution is -2.47. The number of pyridine rings is 1. The fourth-order valence-electron chi connectivity index (χ4n) is 7.14. The minimum Gasteiger partial charge on any atom is -0.497 e. The number of aromatic nitrogens is 1. The number of hydrogen-bond donors (Lipinski definition) is 2. The SMILES string of the molecule is COc1cccc(NC(=O)Nc2cc(C(=O)N3CCC4(CC3)OCCO4)ccc2N2CC3CC(C2)c2cccc(=O)n2C3)c1. The highest BCUT2D eigenvalue weighted by atomic mass is 16.7. The third-order valence-corrected chi connectivity index (χ3v) is 9.27. The van der Waals surface area contributed by atoms with Gasteiger partial charge in [0.25, 0.3) is 11.5 Å². The largest absolute Gasteiger partial charge is 0.497 e. The lowest BCUT2D eigenvalue weighted by molar-refractivity contribution is -0.181. The average Bonchev–Trinajstić information content (AvgIpc) is 3.49. The van der Waals surface area contributed by atoms with E-state index in [4.69, 9.17) is 14.2 Å². The molecule has 3 amide bonds. The van der Waals surface area contributed by atoms with Crippen LogP contribution in [0.25, 0.3) is 0 Å². The fraction of sp³-hybridized carbons (Fsp3) is 0.424. The number of piperidine rings is 2. The number of anilines is 3. The lowest BCUT2D eigenvalue weighted by Gasteiger charge is -2.44. The van der Waals surface area contributed by atoms with Crippen molar-refractivity contribution in [2.45, 2.75) is 37.5 Å². The number of carbonyl (C=O) groups excluding carboxylic acids is 2. The van der Waals surface area contributed by atoms with Gasteiger partial charge in [0.2, 0.25) is 0 Å². The summed E-state index contributed by atoms with van der Waals surface area (Å²) in [7, 11) is 1.58. The summed E-state index contributed by atoms with van der Waals surface area (Å²) in [6.45, 7) is 4.35. The molecule has 2 bridgehead atoms. The van der Waals surface area contributed by atoms with Gasteiger partial charge in [0.15, 0.2) is 5.79 Å². The normalized spacial score (nSPS) is 21.9. The van der Waals surface area contributed by atoms with E-state index in [1.54, 1.807) is 37.4 Å². The summed E-state index contributed by atoms with van der Waals surface area (Å²) < 4.78 is 18.9. The van der Waals surface area contributed by atoms with E-state index in [9.17, 15) is 14.4 Å². The maximum atomic E-state index is 13.7. The standard InChI is InChI=1S/C33H37N5O6/c1-42-26-5-2-4-25(18-26)34-32(41)35-27-17-23(31(40)36-12-10-33(11-13-36)43-14-15-44-33)8-9-29(27)37-19-22-16-24(21-37)28-6-3-7-30(39)38(28)20-22/h2-9,17-18,22,24H,10-16,19-21H2,1H3,(H2,34,35,41). The molecule has 3 aromatic rings. The van der Waals surface area contributed by atoms with Gasteiger partial charge in [-0.15, -0.1) is 0 Å². The molecular weight excluding hydrogens is 562 g/mol. The van der Waals surface area contributed by atoms with E-state index in [0.717, 1.165) is 24.3 Å². The zero-order valence-corrected chi connectivity index (χ0v) is 24.8. The number of hydrogen-bond acceptors (Lipinski definition) is 7. The Morgan fingerprint density at radius 2 is 1.73 bits per heavy atom. The highest BCUT2D eigenvalue weighted by molar-refractivity contribution is 6.04. The van der Waals surface area contributed by atoms with Crippen LogP contribution in [0.15, 0.2) is 65.5 Å². The van der Waals surface area contributed by atoms with Gasteiger partial charge in [0.05, 0.1) is 31.7 Å². The van der Waals surface area contributed by atoms with Crippen molar-refractivity contribution in [1.29, 1.82) is 0 Å².